The fraction of sp³-hybridized carbons (Fsp3) is 0.214. The summed E-state index contributed by atoms with van der Waals surface area (Å²) in [5.74, 6) is -5.53. The van der Waals surface area contributed by atoms with E-state index in [-0.39, 0.29) is 28.3 Å². The van der Waals surface area contributed by atoms with Crippen LogP contribution in [0.15, 0.2) is 66.7 Å². The Balaban J connectivity index is 1.54. The lowest BCUT2D eigenvalue weighted by molar-refractivity contribution is -0.384. The highest BCUT2D eigenvalue weighted by Crippen LogP contribution is 2.58. The maximum atomic E-state index is 14.1. The van der Waals surface area contributed by atoms with Crippen LogP contribution >= 0.6 is 0 Å². The van der Waals surface area contributed by atoms with Crippen LogP contribution in [0.2, 0.25) is 0 Å². The topological polar surface area (TPSA) is 133 Å². The third kappa shape index (κ3) is 2.97. The largest absolute Gasteiger partial charge is 0.494 e. The third-order valence-corrected chi connectivity index (χ3v) is 7.54. The van der Waals surface area contributed by atoms with Crippen LogP contribution in [0.3, 0.4) is 0 Å². The quantitative estimate of drug-likeness (QED) is 0.224. The summed E-state index contributed by atoms with van der Waals surface area (Å²) in [5, 5.41) is 11.3. The SMILES string of the molecule is COc1cc([N+](=O)[O-])ccc1N1C(=O)[C@@H]2[C@@H](C1=O)C1(O[C@H]2c2ccc(C)cc2)C(=O)c2ccccc2C1=O. The Labute approximate surface area is 215 Å². The highest BCUT2D eigenvalue weighted by molar-refractivity contribution is 6.37. The summed E-state index contributed by atoms with van der Waals surface area (Å²) in [4.78, 5) is 67.2. The average molecular weight is 512 g/mol. The fourth-order valence-electron chi connectivity index (χ4n) is 5.78. The first-order valence-corrected chi connectivity index (χ1v) is 11.8. The maximum absolute atomic E-state index is 14.1. The van der Waals surface area contributed by atoms with Crippen molar-refractivity contribution in [3.05, 3.63) is 99.1 Å². The lowest BCUT2D eigenvalue weighted by atomic mass is 9.77. The number of fused-ring (bicyclic) bond motifs is 3. The fourth-order valence-corrected chi connectivity index (χ4v) is 5.78. The van der Waals surface area contributed by atoms with Crippen molar-refractivity contribution in [2.24, 2.45) is 11.8 Å². The standard InChI is InChI=1S/C28H20N2O8/c1-14-7-9-15(10-8-14)23-21-22(28(38-23)24(31)17-5-3-4-6-18(17)25(28)32)27(34)29(26(21)33)19-12-11-16(30(35)36)13-20(19)37-2/h3-13,21-23H,1-2H3/t21-,22+,23+/m1/s1. The van der Waals surface area contributed by atoms with Gasteiger partial charge in [-0.2, -0.15) is 0 Å². The minimum Gasteiger partial charge on any atom is -0.494 e. The summed E-state index contributed by atoms with van der Waals surface area (Å²) < 4.78 is 11.5. The Morgan fingerprint density at radius 2 is 1.55 bits per heavy atom. The molecule has 10 nitrogen and oxygen atoms in total. The van der Waals surface area contributed by atoms with Gasteiger partial charge in [0.2, 0.25) is 29.0 Å². The summed E-state index contributed by atoms with van der Waals surface area (Å²) in [6, 6.07) is 16.8. The smallest absolute Gasteiger partial charge is 0.273 e. The number of ketones is 2. The highest BCUT2D eigenvalue weighted by atomic mass is 16.6. The molecule has 3 aromatic carbocycles. The van der Waals surface area contributed by atoms with Gasteiger partial charge >= 0.3 is 0 Å². The monoisotopic (exact) mass is 512 g/mol. The Hall–Kier alpha value is -4.70. The summed E-state index contributed by atoms with van der Waals surface area (Å²) in [7, 11) is 1.26. The van der Waals surface area contributed by atoms with Crippen LogP contribution in [-0.4, -0.2) is 41.0 Å². The van der Waals surface area contributed by atoms with Crippen LogP contribution in [0.1, 0.15) is 37.9 Å². The lowest BCUT2D eigenvalue weighted by Gasteiger charge is -2.27. The summed E-state index contributed by atoms with van der Waals surface area (Å²) in [6.45, 7) is 1.89. The number of nitrogens with zero attached hydrogens (tertiary/aromatic N) is 2. The molecule has 0 aromatic heterocycles. The highest BCUT2D eigenvalue weighted by Gasteiger charge is 2.74. The normalized spacial score (nSPS) is 23.2. The number of methoxy groups -OCH3 is 1. The minimum atomic E-state index is -2.21. The van der Waals surface area contributed by atoms with Gasteiger partial charge < -0.3 is 9.47 Å². The van der Waals surface area contributed by atoms with Crippen molar-refractivity contribution in [1.82, 2.24) is 0 Å². The number of hydrogen-bond acceptors (Lipinski definition) is 8. The second-order valence-electron chi connectivity index (χ2n) is 9.52. The number of carbonyl (C=O) groups is 4. The van der Waals surface area contributed by atoms with E-state index in [1.165, 1.54) is 25.3 Å². The second-order valence-corrected chi connectivity index (χ2v) is 9.52. The van der Waals surface area contributed by atoms with Crippen LogP contribution in [0.5, 0.6) is 5.75 Å². The average Bonchev–Trinajstić information content (AvgIpc) is 3.48. The molecule has 10 heteroatoms. The number of non-ortho nitro benzene ring substituents is 1. The van der Waals surface area contributed by atoms with Crippen LogP contribution in [0.4, 0.5) is 11.4 Å². The van der Waals surface area contributed by atoms with Crippen molar-refractivity contribution in [3.63, 3.8) is 0 Å². The number of ether oxygens (including phenoxy) is 2. The Morgan fingerprint density at radius 1 is 0.921 bits per heavy atom. The summed E-state index contributed by atoms with van der Waals surface area (Å²) in [5.41, 5.74) is -0.768. The van der Waals surface area contributed by atoms with Crippen molar-refractivity contribution in [1.29, 1.82) is 0 Å². The number of carbonyl (C=O) groups excluding carboxylic acids is 4. The molecule has 2 saturated heterocycles. The molecule has 1 aliphatic carbocycles. The molecule has 2 aliphatic heterocycles. The number of amides is 2. The molecule has 2 amide bonds. The molecule has 38 heavy (non-hydrogen) atoms. The summed E-state index contributed by atoms with van der Waals surface area (Å²) in [6.07, 6.45) is -1.06. The van der Waals surface area contributed by atoms with Crippen LogP contribution in [0, 0.1) is 28.9 Å². The number of nitro benzene ring substituents is 1. The first-order chi connectivity index (χ1) is 18.2. The molecule has 0 unspecified atom stereocenters. The Morgan fingerprint density at radius 3 is 2.13 bits per heavy atom. The van der Waals surface area contributed by atoms with Gasteiger partial charge in [0.25, 0.3) is 5.69 Å². The zero-order valence-electron chi connectivity index (χ0n) is 20.2. The zero-order chi connectivity index (χ0) is 26.9. The molecule has 0 bridgehead atoms. The van der Waals surface area contributed by atoms with Gasteiger partial charge in [-0.15, -0.1) is 0 Å². The number of Topliss-reactive ketones (excluding diaryl/α,β-unsaturated/α-hetero) is 2. The third-order valence-electron chi connectivity index (χ3n) is 7.54. The van der Waals surface area contributed by atoms with Gasteiger partial charge in [-0.3, -0.25) is 29.3 Å². The van der Waals surface area contributed by atoms with Gasteiger partial charge in [-0.25, -0.2) is 4.90 Å². The number of benzene rings is 3. The van der Waals surface area contributed by atoms with Crippen molar-refractivity contribution >= 4 is 34.8 Å². The van der Waals surface area contributed by atoms with Crippen LogP contribution < -0.4 is 9.64 Å². The number of hydrogen-bond donors (Lipinski definition) is 0. The molecule has 0 N–H and O–H groups in total. The lowest BCUT2D eigenvalue weighted by Crippen LogP contribution is -2.51. The maximum Gasteiger partial charge on any atom is 0.273 e. The van der Waals surface area contributed by atoms with Crippen molar-refractivity contribution in [2.75, 3.05) is 12.0 Å². The predicted octanol–water partition coefficient (Wildman–Crippen LogP) is 3.61. The van der Waals surface area contributed by atoms with E-state index in [2.05, 4.69) is 0 Å². The molecule has 3 atom stereocenters. The molecule has 6 rings (SSSR count). The van der Waals surface area contributed by atoms with E-state index in [1.54, 1.807) is 24.3 Å². The van der Waals surface area contributed by atoms with Gasteiger partial charge in [0.1, 0.15) is 5.75 Å². The number of anilines is 1. The molecule has 3 aromatic rings. The minimum absolute atomic E-state index is 0.0179. The predicted molar refractivity (Wildman–Crippen MR) is 132 cm³/mol. The van der Waals surface area contributed by atoms with E-state index >= 15 is 0 Å². The zero-order valence-corrected chi connectivity index (χ0v) is 20.2. The van der Waals surface area contributed by atoms with Gasteiger partial charge in [0, 0.05) is 17.2 Å². The Bertz CT molecular complexity index is 1540. The van der Waals surface area contributed by atoms with Gasteiger partial charge in [-0.1, -0.05) is 54.1 Å². The van der Waals surface area contributed by atoms with E-state index in [0.717, 1.165) is 22.6 Å². The number of rotatable bonds is 4. The van der Waals surface area contributed by atoms with Gasteiger partial charge in [0.15, 0.2) is 0 Å². The molecule has 2 fully saturated rings. The molecule has 190 valence electrons. The van der Waals surface area contributed by atoms with E-state index < -0.39 is 51.8 Å². The number of imide groups is 1. The van der Waals surface area contributed by atoms with Crippen molar-refractivity contribution in [3.8, 4) is 5.75 Å². The molecule has 0 saturated carbocycles. The van der Waals surface area contributed by atoms with E-state index in [0.29, 0.717) is 5.56 Å². The number of aryl methyl sites for hydroxylation is 1. The van der Waals surface area contributed by atoms with Crippen LogP contribution in [0.25, 0.3) is 0 Å². The molecule has 1 spiro atoms. The van der Waals surface area contributed by atoms with Gasteiger partial charge in [0.05, 0.1) is 41.7 Å². The molecular formula is C28H20N2O8. The van der Waals surface area contributed by atoms with Gasteiger partial charge in [-0.05, 0) is 18.6 Å². The molecular weight excluding hydrogens is 492 g/mol. The first-order valence-electron chi connectivity index (χ1n) is 11.8. The molecule has 3 aliphatic rings. The molecule has 2 heterocycles. The second kappa shape index (κ2) is 8.15. The Kier molecular flexibility index (Phi) is 5.08. The van der Waals surface area contributed by atoms with Crippen LogP contribution in [-0.2, 0) is 14.3 Å². The van der Waals surface area contributed by atoms with E-state index in [4.69, 9.17) is 9.47 Å². The van der Waals surface area contributed by atoms with E-state index in [9.17, 15) is 29.3 Å². The summed E-state index contributed by atoms with van der Waals surface area (Å²) >= 11 is 0. The first kappa shape index (κ1) is 23.7. The van der Waals surface area contributed by atoms with Crippen molar-refractivity contribution < 1.29 is 33.6 Å². The molecule has 0 radical (unpaired) electrons. The van der Waals surface area contributed by atoms with E-state index in [1.807, 2.05) is 19.1 Å². The van der Waals surface area contributed by atoms with Crippen molar-refractivity contribution in [2.45, 2.75) is 18.6 Å². The number of nitro groups is 1.